The molecule has 0 aliphatic heterocycles. The lowest BCUT2D eigenvalue weighted by Crippen LogP contribution is -2.40. The first-order valence-corrected chi connectivity index (χ1v) is 9.01. The maximum Gasteiger partial charge on any atom is 0.113 e. The summed E-state index contributed by atoms with van der Waals surface area (Å²) >= 11 is 1.92. The van der Waals surface area contributed by atoms with E-state index in [2.05, 4.69) is 20.8 Å². The van der Waals surface area contributed by atoms with Crippen molar-refractivity contribution in [3.8, 4) is 0 Å². The topological polar surface area (TPSA) is 38.9 Å². The molecule has 1 aromatic rings. The van der Waals surface area contributed by atoms with Crippen LogP contribution in [0.1, 0.15) is 74.9 Å². The fraction of sp³-hybridized carbons (Fsp3) is 0.824. The Kier molecular flexibility index (Phi) is 3.70. The van der Waals surface area contributed by atoms with Crippen molar-refractivity contribution in [2.75, 3.05) is 0 Å². The van der Waals surface area contributed by atoms with Crippen LogP contribution in [0.3, 0.4) is 0 Å². The number of nitrogens with zero attached hydrogens (tertiary/aromatic N) is 1. The number of aryl methyl sites for hydroxylation is 1. The van der Waals surface area contributed by atoms with Crippen LogP contribution in [0.4, 0.5) is 0 Å². The van der Waals surface area contributed by atoms with E-state index in [9.17, 15) is 0 Å². The van der Waals surface area contributed by atoms with E-state index in [1.54, 1.807) is 0 Å². The Labute approximate surface area is 127 Å². The molecule has 0 amide bonds. The van der Waals surface area contributed by atoms with Gasteiger partial charge in [0.1, 0.15) is 5.01 Å². The number of aromatic nitrogens is 1. The number of thiazole rings is 1. The van der Waals surface area contributed by atoms with E-state index in [-0.39, 0.29) is 5.54 Å². The second kappa shape index (κ2) is 5.10. The maximum atomic E-state index is 6.72. The lowest BCUT2D eigenvalue weighted by molar-refractivity contribution is 0.231. The molecule has 0 aromatic carbocycles. The minimum absolute atomic E-state index is 0.127. The average molecular weight is 292 g/mol. The lowest BCUT2D eigenvalue weighted by atomic mass is 9.76. The predicted octanol–water partition coefficient (Wildman–Crippen LogP) is 4.41. The molecule has 2 nitrogen and oxygen atoms in total. The van der Waals surface area contributed by atoms with E-state index < -0.39 is 0 Å². The van der Waals surface area contributed by atoms with Gasteiger partial charge in [0.2, 0.25) is 0 Å². The second-order valence-electron chi connectivity index (χ2n) is 7.74. The third-order valence-electron chi connectivity index (χ3n) is 5.46. The van der Waals surface area contributed by atoms with Crippen LogP contribution in [0.25, 0.3) is 0 Å². The third-order valence-corrected chi connectivity index (χ3v) is 6.77. The summed E-state index contributed by atoms with van der Waals surface area (Å²) in [5, 5.41) is 1.23. The summed E-state index contributed by atoms with van der Waals surface area (Å²) in [6.07, 6.45) is 9.71. The molecule has 0 saturated heterocycles. The van der Waals surface area contributed by atoms with Crippen LogP contribution in [0.5, 0.6) is 0 Å². The number of hydrogen-bond donors (Lipinski definition) is 1. The minimum Gasteiger partial charge on any atom is -0.319 e. The van der Waals surface area contributed by atoms with E-state index in [1.165, 1.54) is 47.7 Å². The van der Waals surface area contributed by atoms with Crippen molar-refractivity contribution in [2.45, 2.75) is 77.7 Å². The molecule has 1 aromatic heterocycles. The Hall–Kier alpha value is -0.410. The molecule has 2 aliphatic carbocycles. The molecule has 0 bridgehead atoms. The highest BCUT2D eigenvalue weighted by molar-refractivity contribution is 7.11. The molecule has 3 rings (SSSR count). The molecule has 1 fully saturated rings. The van der Waals surface area contributed by atoms with Gasteiger partial charge in [-0.1, -0.05) is 27.2 Å². The molecule has 3 heteroatoms. The van der Waals surface area contributed by atoms with Gasteiger partial charge in [0.15, 0.2) is 0 Å². The zero-order valence-corrected chi connectivity index (χ0v) is 14.0. The summed E-state index contributed by atoms with van der Waals surface area (Å²) in [6.45, 7) is 7.05. The third kappa shape index (κ3) is 2.67. The van der Waals surface area contributed by atoms with Gasteiger partial charge in [0.05, 0.1) is 11.2 Å². The van der Waals surface area contributed by atoms with Gasteiger partial charge in [-0.05, 0) is 56.3 Å². The van der Waals surface area contributed by atoms with Crippen LogP contribution < -0.4 is 5.73 Å². The molecule has 1 heterocycles. The molecular weight excluding hydrogens is 264 g/mol. The first-order chi connectivity index (χ1) is 9.42. The van der Waals surface area contributed by atoms with Gasteiger partial charge in [-0.15, -0.1) is 11.3 Å². The van der Waals surface area contributed by atoms with E-state index in [1.807, 2.05) is 11.3 Å². The Morgan fingerprint density at radius 1 is 1.25 bits per heavy atom. The number of nitrogens with two attached hydrogens (primary N) is 1. The molecule has 0 radical (unpaired) electrons. The molecule has 2 aliphatic rings. The van der Waals surface area contributed by atoms with Crippen LogP contribution in [0.2, 0.25) is 0 Å². The Morgan fingerprint density at radius 2 is 1.95 bits per heavy atom. The van der Waals surface area contributed by atoms with Gasteiger partial charge >= 0.3 is 0 Å². The van der Waals surface area contributed by atoms with Crippen molar-refractivity contribution in [2.24, 2.45) is 17.1 Å². The lowest BCUT2D eigenvalue weighted by Gasteiger charge is -2.35. The monoisotopic (exact) mass is 292 g/mol. The van der Waals surface area contributed by atoms with Crippen molar-refractivity contribution in [3.63, 3.8) is 0 Å². The fourth-order valence-corrected chi connectivity index (χ4v) is 5.25. The SMILES string of the molecule is CCC1CCC(N)(c2nc3c(s2)CC(C)(C)CC3)CC1. The second-order valence-corrected chi connectivity index (χ2v) is 8.82. The quantitative estimate of drug-likeness (QED) is 0.876. The Bertz CT molecular complexity index is 481. The molecule has 112 valence electrons. The van der Waals surface area contributed by atoms with Crippen molar-refractivity contribution >= 4 is 11.3 Å². The molecule has 0 spiro atoms. The summed E-state index contributed by atoms with van der Waals surface area (Å²) in [4.78, 5) is 6.47. The number of rotatable bonds is 2. The summed E-state index contributed by atoms with van der Waals surface area (Å²) < 4.78 is 0. The van der Waals surface area contributed by atoms with E-state index in [0.717, 1.165) is 25.2 Å². The first-order valence-electron chi connectivity index (χ1n) is 8.20. The Morgan fingerprint density at radius 3 is 2.60 bits per heavy atom. The van der Waals surface area contributed by atoms with E-state index in [0.29, 0.717) is 5.41 Å². The highest BCUT2D eigenvalue weighted by Crippen LogP contribution is 2.44. The van der Waals surface area contributed by atoms with Gasteiger partial charge in [-0.3, -0.25) is 0 Å². The van der Waals surface area contributed by atoms with Gasteiger partial charge in [-0.2, -0.15) is 0 Å². The van der Waals surface area contributed by atoms with Crippen LogP contribution in [0, 0.1) is 11.3 Å². The number of hydrogen-bond acceptors (Lipinski definition) is 3. The van der Waals surface area contributed by atoms with Gasteiger partial charge in [0.25, 0.3) is 0 Å². The average Bonchev–Trinajstić information content (AvgIpc) is 2.82. The van der Waals surface area contributed by atoms with Gasteiger partial charge in [-0.25, -0.2) is 4.98 Å². The molecule has 0 unspecified atom stereocenters. The number of fused-ring (bicyclic) bond motifs is 1. The predicted molar refractivity (Wildman–Crippen MR) is 86.0 cm³/mol. The molecule has 20 heavy (non-hydrogen) atoms. The molecule has 2 N–H and O–H groups in total. The molecular formula is C17H28N2S. The minimum atomic E-state index is -0.127. The summed E-state index contributed by atoms with van der Waals surface area (Å²) in [5.74, 6) is 0.889. The maximum absolute atomic E-state index is 6.72. The van der Waals surface area contributed by atoms with Crippen LogP contribution >= 0.6 is 11.3 Å². The van der Waals surface area contributed by atoms with Crippen LogP contribution in [-0.2, 0) is 18.4 Å². The van der Waals surface area contributed by atoms with Gasteiger partial charge in [0, 0.05) is 4.88 Å². The highest BCUT2D eigenvalue weighted by atomic mass is 32.1. The van der Waals surface area contributed by atoms with Crippen molar-refractivity contribution < 1.29 is 0 Å². The van der Waals surface area contributed by atoms with Crippen molar-refractivity contribution in [1.29, 1.82) is 0 Å². The first kappa shape index (κ1) is 14.5. The summed E-state index contributed by atoms with van der Waals surface area (Å²) in [5.41, 5.74) is 8.39. The largest absolute Gasteiger partial charge is 0.319 e. The van der Waals surface area contributed by atoms with E-state index in [4.69, 9.17) is 10.7 Å². The zero-order chi connectivity index (χ0) is 14.4. The summed E-state index contributed by atoms with van der Waals surface area (Å²) in [7, 11) is 0. The standard InChI is InChI=1S/C17H28N2S/c1-4-12-5-9-17(18,10-6-12)15-19-13-7-8-16(2,3)11-14(13)20-15/h12H,4-11,18H2,1-3H3. The van der Waals surface area contributed by atoms with Crippen molar-refractivity contribution in [3.05, 3.63) is 15.6 Å². The fourth-order valence-electron chi connectivity index (χ4n) is 3.72. The normalized spacial score (nSPS) is 32.9. The Balaban J connectivity index is 1.80. The molecule has 1 saturated carbocycles. The van der Waals surface area contributed by atoms with Crippen LogP contribution in [-0.4, -0.2) is 4.98 Å². The van der Waals surface area contributed by atoms with E-state index >= 15 is 0 Å². The smallest absolute Gasteiger partial charge is 0.113 e. The zero-order valence-electron chi connectivity index (χ0n) is 13.2. The summed E-state index contributed by atoms with van der Waals surface area (Å²) in [6, 6.07) is 0. The molecule has 0 atom stereocenters. The highest BCUT2D eigenvalue weighted by Gasteiger charge is 2.37. The van der Waals surface area contributed by atoms with Gasteiger partial charge < -0.3 is 5.73 Å². The van der Waals surface area contributed by atoms with Crippen LogP contribution in [0.15, 0.2) is 0 Å². The van der Waals surface area contributed by atoms with Crippen molar-refractivity contribution in [1.82, 2.24) is 4.98 Å².